The van der Waals surface area contributed by atoms with Crippen LogP contribution in [0.15, 0.2) is 52.7 Å². The summed E-state index contributed by atoms with van der Waals surface area (Å²) in [7, 11) is 3.86. The maximum Gasteiger partial charge on any atom is 0.334 e. The van der Waals surface area contributed by atoms with Gasteiger partial charge in [0.25, 0.3) is 11.8 Å². The Hall–Kier alpha value is -3.35. The van der Waals surface area contributed by atoms with Gasteiger partial charge >= 0.3 is 6.03 Å². The van der Waals surface area contributed by atoms with Gasteiger partial charge in [0, 0.05) is 25.8 Å². The van der Waals surface area contributed by atoms with Crippen LogP contribution in [-0.4, -0.2) is 47.8 Å². The van der Waals surface area contributed by atoms with Crippen molar-refractivity contribution < 1.29 is 18.8 Å². The summed E-state index contributed by atoms with van der Waals surface area (Å²) in [5.74, 6) is -0.744. The van der Waals surface area contributed by atoms with E-state index >= 15 is 0 Å². The minimum atomic E-state index is -0.637. The zero-order chi connectivity index (χ0) is 20.4. The Balaban J connectivity index is 1.98. The molecular formula is C21H23N3O4. The van der Waals surface area contributed by atoms with Crippen molar-refractivity contribution in [3.05, 3.63) is 59.6 Å². The Labute approximate surface area is 163 Å². The van der Waals surface area contributed by atoms with E-state index in [1.807, 2.05) is 43.3 Å². The molecule has 0 bridgehead atoms. The van der Waals surface area contributed by atoms with Crippen LogP contribution < -0.4 is 4.90 Å². The standard InChI is InChI=1S/C21H23N3O4/c1-14(2)24-20(26)18(12-15-7-9-16(10-8-15)22(3)4)19(25)23(21(24)27)13-17-6-5-11-28-17/h5-12,14H,13H2,1-4H3/b18-12-. The molecule has 0 saturated carbocycles. The molecule has 0 unspecified atom stereocenters. The van der Waals surface area contributed by atoms with Crippen molar-refractivity contribution in [1.82, 2.24) is 9.80 Å². The van der Waals surface area contributed by atoms with Crippen molar-refractivity contribution in [2.45, 2.75) is 26.4 Å². The Kier molecular flexibility index (Phi) is 5.35. The fourth-order valence-electron chi connectivity index (χ4n) is 2.98. The maximum absolute atomic E-state index is 13.0. The number of amides is 4. The predicted molar refractivity (Wildman–Crippen MR) is 105 cm³/mol. The van der Waals surface area contributed by atoms with Gasteiger partial charge in [0.05, 0.1) is 12.8 Å². The minimum absolute atomic E-state index is 0.0297. The van der Waals surface area contributed by atoms with Gasteiger partial charge in [0.2, 0.25) is 0 Å². The highest BCUT2D eigenvalue weighted by Gasteiger charge is 2.43. The predicted octanol–water partition coefficient (Wildman–Crippen LogP) is 3.13. The summed E-state index contributed by atoms with van der Waals surface area (Å²) in [4.78, 5) is 42.7. The zero-order valence-electron chi connectivity index (χ0n) is 16.4. The number of barbiturate groups is 1. The van der Waals surface area contributed by atoms with E-state index in [9.17, 15) is 14.4 Å². The molecule has 2 heterocycles. The van der Waals surface area contributed by atoms with Gasteiger partial charge in [-0.25, -0.2) is 4.79 Å². The number of imide groups is 2. The highest BCUT2D eigenvalue weighted by atomic mass is 16.3. The van der Waals surface area contributed by atoms with Crippen LogP contribution in [0.4, 0.5) is 10.5 Å². The summed E-state index contributed by atoms with van der Waals surface area (Å²) in [5, 5.41) is 0. The molecule has 146 valence electrons. The molecule has 1 saturated heterocycles. The molecule has 1 aromatic carbocycles. The highest BCUT2D eigenvalue weighted by Crippen LogP contribution is 2.24. The first kappa shape index (κ1) is 19.4. The van der Waals surface area contributed by atoms with Gasteiger partial charge in [0.15, 0.2) is 0 Å². The van der Waals surface area contributed by atoms with Crippen LogP contribution in [-0.2, 0) is 16.1 Å². The molecule has 0 radical (unpaired) electrons. The number of hydrogen-bond acceptors (Lipinski definition) is 5. The van der Waals surface area contributed by atoms with E-state index in [0.29, 0.717) is 11.3 Å². The van der Waals surface area contributed by atoms with E-state index in [1.54, 1.807) is 26.0 Å². The summed E-state index contributed by atoms with van der Waals surface area (Å²) in [5.41, 5.74) is 1.66. The molecule has 7 heteroatoms. The summed E-state index contributed by atoms with van der Waals surface area (Å²) in [6, 6.07) is 9.80. The maximum atomic E-state index is 13.0. The van der Waals surface area contributed by atoms with Crippen molar-refractivity contribution in [2.24, 2.45) is 0 Å². The van der Waals surface area contributed by atoms with Gasteiger partial charge in [-0.15, -0.1) is 0 Å². The molecule has 1 fully saturated rings. The zero-order valence-corrected chi connectivity index (χ0v) is 16.4. The molecule has 0 N–H and O–H groups in total. The number of anilines is 1. The molecule has 0 spiro atoms. The number of furan rings is 1. The third-order valence-corrected chi connectivity index (χ3v) is 4.49. The number of nitrogens with zero attached hydrogens (tertiary/aromatic N) is 3. The molecule has 2 aromatic rings. The van der Waals surface area contributed by atoms with Crippen LogP contribution in [0.1, 0.15) is 25.2 Å². The van der Waals surface area contributed by atoms with Crippen molar-refractivity contribution in [3.8, 4) is 0 Å². The number of urea groups is 1. The Morgan fingerprint density at radius 1 is 1.04 bits per heavy atom. The summed E-state index contributed by atoms with van der Waals surface area (Å²) in [6.07, 6.45) is 3.00. The second kappa shape index (κ2) is 7.72. The van der Waals surface area contributed by atoms with E-state index in [4.69, 9.17) is 4.42 Å². The SMILES string of the molecule is CC(C)N1C(=O)/C(=C\c2ccc(N(C)C)cc2)C(=O)N(Cc2ccco2)C1=O. The number of carbonyl (C=O) groups excluding carboxylic acids is 3. The first-order chi connectivity index (χ1) is 13.3. The van der Waals surface area contributed by atoms with Gasteiger partial charge in [-0.2, -0.15) is 0 Å². The smallest absolute Gasteiger partial charge is 0.334 e. The molecule has 1 aliphatic heterocycles. The van der Waals surface area contributed by atoms with Crippen LogP contribution >= 0.6 is 0 Å². The molecule has 7 nitrogen and oxygen atoms in total. The van der Waals surface area contributed by atoms with E-state index in [-0.39, 0.29) is 18.2 Å². The van der Waals surface area contributed by atoms with Crippen LogP contribution in [0.25, 0.3) is 6.08 Å². The van der Waals surface area contributed by atoms with Crippen LogP contribution in [0.5, 0.6) is 0 Å². The lowest BCUT2D eigenvalue weighted by Crippen LogP contribution is -2.57. The lowest BCUT2D eigenvalue weighted by Gasteiger charge is -2.35. The Morgan fingerprint density at radius 3 is 2.25 bits per heavy atom. The monoisotopic (exact) mass is 381 g/mol. The van der Waals surface area contributed by atoms with E-state index in [1.165, 1.54) is 12.3 Å². The van der Waals surface area contributed by atoms with Gasteiger partial charge in [0.1, 0.15) is 11.3 Å². The topological polar surface area (TPSA) is 74.1 Å². The normalized spacial score (nSPS) is 16.5. The van der Waals surface area contributed by atoms with Crippen molar-refractivity contribution in [1.29, 1.82) is 0 Å². The summed E-state index contributed by atoms with van der Waals surface area (Å²) >= 11 is 0. The second-order valence-electron chi connectivity index (χ2n) is 7.07. The first-order valence-corrected chi connectivity index (χ1v) is 9.00. The number of hydrogen-bond donors (Lipinski definition) is 0. The Morgan fingerprint density at radius 2 is 1.71 bits per heavy atom. The van der Waals surface area contributed by atoms with Crippen molar-refractivity contribution >= 4 is 29.6 Å². The summed E-state index contributed by atoms with van der Waals surface area (Å²) < 4.78 is 5.27. The van der Waals surface area contributed by atoms with Gasteiger partial charge in [-0.05, 0) is 49.8 Å². The van der Waals surface area contributed by atoms with Gasteiger partial charge in [-0.1, -0.05) is 12.1 Å². The average molecular weight is 381 g/mol. The second-order valence-corrected chi connectivity index (χ2v) is 7.07. The summed E-state index contributed by atoms with van der Waals surface area (Å²) in [6.45, 7) is 3.44. The number of benzene rings is 1. The minimum Gasteiger partial charge on any atom is -0.467 e. The fraction of sp³-hybridized carbons (Fsp3) is 0.286. The lowest BCUT2D eigenvalue weighted by atomic mass is 10.0. The molecule has 1 aromatic heterocycles. The molecular weight excluding hydrogens is 358 g/mol. The van der Waals surface area contributed by atoms with E-state index in [0.717, 1.165) is 15.5 Å². The molecule has 28 heavy (non-hydrogen) atoms. The molecule has 1 aliphatic rings. The van der Waals surface area contributed by atoms with Crippen LogP contribution in [0.2, 0.25) is 0 Å². The quantitative estimate of drug-likeness (QED) is 0.588. The molecule has 0 aliphatic carbocycles. The lowest BCUT2D eigenvalue weighted by molar-refractivity contribution is -0.137. The highest BCUT2D eigenvalue weighted by molar-refractivity contribution is 6.30. The fourth-order valence-corrected chi connectivity index (χ4v) is 2.98. The number of rotatable bonds is 5. The average Bonchev–Trinajstić information content (AvgIpc) is 3.15. The van der Waals surface area contributed by atoms with Gasteiger partial charge < -0.3 is 9.32 Å². The van der Waals surface area contributed by atoms with Crippen LogP contribution in [0, 0.1) is 0 Å². The Bertz CT molecular complexity index is 912. The third kappa shape index (κ3) is 3.69. The molecule has 0 atom stereocenters. The largest absolute Gasteiger partial charge is 0.467 e. The molecule has 4 amide bonds. The third-order valence-electron chi connectivity index (χ3n) is 4.49. The van der Waals surface area contributed by atoms with E-state index in [2.05, 4.69) is 0 Å². The van der Waals surface area contributed by atoms with Crippen molar-refractivity contribution in [2.75, 3.05) is 19.0 Å². The van der Waals surface area contributed by atoms with E-state index < -0.39 is 17.8 Å². The van der Waals surface area contributed by atoms with Crippen molar-refractivity contribution in [3.63, 3.8) is 0 Å². The first-order valence-electron chi connectivity index (χ1n) is 9.00. The number of carbonyl (C=O) groups is 3. The molecule has 3 rings (SSSR count). The van der Waals surface area contributed by atoms with Crippen LogP contribution in [0.3, 0.4) is 0 Å². The van der Waals surface area contributed by atoms with Gasteiger partial charge in [-0.3, -0.25) is 19.4 Å².